The predicted molar refractivity (Wildman–Crippen MR) is 118 cm³/mol. The molecule has 0 spiro atoms. The van der Waals surface area contributed by atoms with Gasteiger partial charge in [0.25, 0.3) is 0 Å². The number of aromatic nitrogens is 2. The SMILES string of the molecule is Cc1nc([C@@H]2CCCN(C(=O)C(C)(C)C)C2)nc(C)c1CC(=O)Nc1ccc(F)cc1. The highest BCUT2D eigenvalue weighted by molar-refractivity contribution is 5.92. The lowest BCUT2D eigenvalue weighted by atomic mass is 9.90. The first-order chi connectivity index (χ1) is 14.5. The van der Waals surface area contributed by atoms with Crippen LogP contribution in [0.3, 0.4) is 0 Å². The van der Waals surface area contributed by atoms with Crippen LogP contribution in [0.1, 0.15) is 62.3 Å². The summed E-state index contributed by atoms with van der Waals surface area (Å²) in [7, 11) is 0. The summed E-state index contributed by atoms with van der Waals surface area (Å²) in [5, 5.41) is 2.78. The van der Waals surface area contributed by atoms with Crippen molar-refractivity contribution < 1.29 is 14.0 Å². The van der Waals surface area contributed by atoms with Crippen molar-refractivity contribution in [3.63, 3.8) is 0 Å². The molecule has 2 aromatic rings. The minimum Gasteiger partial charge on any atom is -0.342 e. The van der Waals surface area contributed by atoms with Crippen molar-refractivity contribution in [1.29, 1.82) is 0 Å². The summed E-state index contributed by atoms with van der Waals surface area (Å²) in [4.78, 5) is 36.5. The van der Waals surface area contributed by atoms with Crippen LogP contribution in [-0.2, 0) is 16.0 Å². The summed E-state index contributed by atoms with van der Waals surface area (Å²) >= 11 is 0. The van der Waals surface area contributed by atoms with Crippen molar-refractivity contribution in [3.05, 3.63) is 52.9 Å². The molecule has 1 atom stereocenters. The third kappa shape index (κ3) is 5.66. The highest BCUT2D eigenvalue weighted by atomic mass is 19.1. The molecule has 1 fully saturated rings. The number of nitrogens with one attached hydrogen (secondary N) is 1. The van der Waals surface area contributed by atoms with Crippen molar-refractivity contribution >= 4 is 17.5 Å². The Morgan fingerprint density at radius 1 is 1.13 bits per heavy atom. The fourth-order valence-corrected chi connectivity index (χ4v) is 3.95. The normalized spacial score (nSPS) is 16.8. The second-order valence-electron chi connectivity index (χ2n) is 9.30. The van der Waals surface area contributed by atoms with Crippen LogP contribution in [-0.4, -0.2) is 39.8 Å². The number of benzene rings is 1. The van der Waals surface area contributed by atoms with E-state index in [1.807, 2.05) is 39.5 Å². The lowest BCUT2D eigenvalue weighted by molar-refractivity contribution is -0.140. The zero-order chi connectivity index (χ0) is 22.8. The Hall–Kier alpha value is -2.83. The van der Waals surface area contributed by atoms with E-state index in [2.05, 4.69) is 5.32 Å². The fourth-order valence-electron chi connectivity index (χ4n) is 3.95. The molecule has 0 radical (unpaired) electrons. The molecule has 6 nitrogen and oxygen atoms in total. The number of nitrogens with zero attached hydrogens (tertiary/aromatic N) is 3. The lowest BCUT2D eigenvalue weighted by Gasteiger charge is -2.36. The molecule has 3 rings (SSSR count). The van der Waals surface area contributed by atoms with Gasteiger partial charge in [0.15, 0.2) is 0 Å². The molecule has 1 N–H and O–H groups in total. The molecule has 0 aliphatic carbocycles. The Balaban J connectivity index is 1.71. The van der Waals surface area contributed by atoms with E-state index in [9.17, 15) is 14.0 Å². The number of anilines is 1. The molecule has 2 amide bonds. The maximum Gasteiger partial charge on any atom is 0.228 e. The lowest BCUT2D eigenvalue weighted by Crippen LogP contribution is -2.45. The second-order valence-corrected chi connectivity index (χ2v) is 9.30. The average Bonchev–Trinajstić information content (AvgIpc) is 2.71. The van der Waals surface area contributed by atoms with Crippen LogP contribution in [0.2, 0.25) is 0 Å². The van der Waals surface area contributed by atoms with Gasteiger partial charge in [-0.05, 0) is 51.0 Å². The topological polar surface area (TPSA) is 75.2 Å². The van der Waals surface area contributed by atoms with Crippen molar-refractivity contribution in [2.24, 2.45) is 5.41 Å². The fraction of sp³-hybridized carbons (Fsp3) is 0.500. The molecule has 1 saturated heterocycles. The van der Waals surface area contributed by atoms with E-state index in [0.717, 1.165) is 42.2 Å². The number of rotatable bonds is 4. The van der Waals surface area contributed by atoms with Crippen LogP contribution < -0.4 is 5.32 Å². The van der Waals surface area contributed by atoms with Gasteiger partial charge in [-0.25, -0.2) is 14.4 Å². The van der Waals surface area contributed by atoms with Crippen molar-refractivity contribution in [2.75, 3.05) is 18.4 Å². The number of aryl methyl sites for hydroxylation is 2. The molecule has 1 aliphatic heterocycles. The molecule has 2 heterocycles. The molecule has 0 bridgehead atoms. The largest absolute Gasteiger partial charge is 0.342 e. The Labute approximate surface area is 183 Å². The second kappa shape index (κ2) is 9.12. The highest BCUT2D eigenvalue weighted by Gasteiger charge is 2.32. The molecule has 1 aliphatic rings. The average molecular weight is 427 g/mol. The summed E-state index contributed by atoms with van der Waals surface area (Å²) in [5.74, 6) is 0.441. The van der Waals surface area contributed by atoms with Gasteiger partial charge in [-0.2, -0.15) is 0 Å². The van der Waals surface area contributed by atoms with Gasteiger partial charge in [0.1, 0.15) is 11.6 Å². The Morgan fingerprint density at radius 3 is 2.32 bits per heavy atom. The third-order valence-electron chi connectivity index (χ3n) is 5.62. The first-order valence-corrected chi connectivity index (χ1v) is 10.7. The molecule has 0 unspecified atom stereocenters. The van der Waals surface area contributed by atoms with Gasteiger partial charge < -0.3 is 10.2 Å². The number of carbonyl (C=O) groups is 2. The smallest absolute Gasteiger partial charge is 0.228 e. The summed E-state index contributed by atoms with van der Waals surface area (Å²) < 4.78 is 13.0. The van der Waals surface area contributed by atoms with Crippen LogP contribution in [0.25, 0.3) is 0 Å². The summed E-state index contributed by atoms with van der Waals surface area (Å²) in [5.41, 5.74) is 2.48. The van der Waals surface area contributed by atoms with E-state index in [1.165, 1.54) is 24.3 Å². The Morgan fingerprint density at radius 2 is 1.74 bits per heavy atom. The van der Waals surface area contributed by atoms with E-state index < -0.39 is 5.41 Å². The van der Waals surface area contributed by atoms with Gasteiger partial charge in [-0.1, -0.05) is 20.8 Å². The van der Waals surface area contributed by atoms with Crippen molar-refractivity contribution in [1.82, 2.24) is 14.9 Å². The van der Waals surface area contributed by atoms with Crippen LogP contribution >= 0.6 is 0 Å². The van der Waals surface area contributed by atoms with Gasteiger partial charge in [0, 0.05) is 47.1 Å². The van der Waals surface area contributed by atoms with Crippen molar-refractivity contribution in [2.45, 2.75) is 59.8 Å². The highest BCUT2D eigenvalue weighted by Crippen LogP contribution is 2.29. The number of halogens is 1. The van der Waals surface area contributed by atoms with Crippen LogP contribution in [0.15, 0.2) is 24.3 Å². The molecule has 166 valence electrons. The van der Waals surface area contributed by atoms with Crippen molar-refractivity contribution in [3.8, 4) is 0 Å². The maximum atomic E-state index is 13.0. The van der Waals surface area contributed by atoms with E-state index in [1.54, 1.807) is 0 Å². The molecular weight excluding hydrogens is 395 g/mol. The van der Waals surface area contributed by atoms with E-state index >= 15 is 0 Å². The molecular formula is C24H31FN4O2. The molecule has 1 aromatic carbocycles. The van der Waals surface area contributed by atoms with Crippen LogP contribution in [0, 0.1) is 25.1 Å². The maximum absolute atomic E-state index is 13.0. The monoisotopic (exact) mass is 426 g/mol. The molecule has 31 heavy (non-hydrogen) atoms. The van der Waals surface area contributed by atoms with Gasteiger partial charge in [0.2, 0.25) is 11.8 Å². The number of likely N-dealkylation sites (tertiary alicyclic amines) is 1. The Kier molecular flexibility index (Phi) is 6.72. The first-order valence-electron chi connectivity index (χ1n) is 10.7. The number of hydrogen-bond acceptors (Lipinski definition) is 4. The number of amides is 2. The number of carbonyl (C=O) groups excluding carboxylic acids is 2. The van der Waals surface area contributed by atoms with Crippen LogP contribution in [0.4, 0.5) is 10.1 Å². The molecule has 0 saturated carbocycles. The number of hydrogen-bond donors (Lipinski definition) is 1. The molecule has 7 heteroatoms. The van der Waals surface area contributed by atoms with Crippen LogP contribution in [0.5, 0.6) is 0 Å². The van der Waals surface area contributed by atoms with E-state index in [0.29, 0.717) is 12.2 Å². The van der Waals surface area contributed by atoms with Gasteiger partial charge in [0.05, 0.1) is 6.42 Å². The standard InChI is InChI=1S/C24H31FN4O2/c1-15-20(13-21(30)28-19-10-8-18(25)9-11-19)16(2)27-22(26-15)17-7-6-12-29(14-17)23(31)24(3,4)5/h8-11,17H,6-7,12-14H2,1-5H3,(H,28,30)/t17-/m1/s1. The third-order valence-corrected chi connectivity index (χ3v) is 5.62. The van der Waals surface area contributed by atoms with Gasteiger partial charge >= 0.3 is 0 Å². The summed E-state index contributed by atoms with van der Waals surface area (Å²) in [6, 6.07) is 5.67. The van der Waals surface area contributed by atoms with E-state index in [4.69, 9.17) is 9.97 Å². The zero-order valence-corrected chi connectivity index (χ0v) is 19.0. The predicted octanol–water partition coefficient (Wildman–Crippen LogP) is 4.17. The van der Waals surface area contributed by atoms with Gasteiger partial charge in [-0.3, -0.25) is 9.59 Å². The van der Waals surface area contributed by atoms with Gasteiger partial charge in [-0.15, -0.1) is 0 Å². The molecule has 1 aromatic heterocycles. The summed E-state index contributed by atoms with van der Waals surface area (Å²) in [6.45, 7) is 11.0. The van der Waals surface area contributed by atoms with E-state index in [-0.39, 0.29) is 30.0 Å². The minimum absolute atomic E-state index is 0.0968. The Bertz CT molecular complexity index is 944. The zero-order valence-electron chi connectivity index (χ0n) is 19.0. The number of piperidine rings is 1. The quantitative estimate of drug-likeness (QED) is 0.796. The minimum atomic E-state index is -0.406. The summed E-state index contributed by atoms with van der Waals surface area (Å²) in [6.07, 6.45) is 2.02. The first kappa shape index (κ1) is 22.8.